The maximum Gasteiger partial charge on any atom is 0.159 e. The van der Waals surface area contributed by atoms with E-state index >= 15 is 0 Å². The van der Waals surface area contributed by atoms with Crippen LogP contribution in [-0.2, 0) is 10.8 Å². The second kappa shape index (κ2) is 11.1. The molecule has 1 heterocycles. The third-order valence-corrected chi connectivity index (χ3v) is 12.4. The van der Waals surface area contributed by atoms with E-state index in [4.69, 9.17) is 4.42 Å². The van der Waals surface area contributed by atoms with Gasteiger partial charge < -0.3 is 9.32 Å². The van der Waals surface area contributed by atoms with E-state index in [0.29, 0.717) is 0 Å². The standard InChI is InChI=1S/C52H39NO/c1-51(2)43-29-24-33-16-8-9-19-37(33)47(43)42-28-27-40-38-26-25-36(31-44(38)52(3,4)48(40)49(42)51)53(35-18-12-17-34(30-35)32-14-6-5-7-15-32)45-22-13-21-41-39-20-10-11-23-46(39)54-50(41)45/h5-31H,1-4H3. The SMILES string of the molecule is CC1(C)c2cc(N(c3cccc(-c4ccccc4)c3)c3cccc4c3oc3ccccc34)ccc2-c2ccc3c(c21)C(C)(C)c1ccc2ccccc2c1-3. The Morgan fingerprint density at radius 1 is 0.444 bits per heavy atom. The van der Waals surface area contributed by atoms with Gasteiger partial charge in [-0.15, -0.1) is 0 Å². The van der Waals surface area contributed by atoms with Crippen LogP contribution in [0.25, 0.3) is 66.1 Å². The Morgan fingerprint density at radius 2 is 1.09 bits per heavy atom. The average molecular weight is 694 g/mol. The summed E-state index contributed by atoms with van der Waals surface area (Å²) in [6.07, 6.45) is 0. The van der Waals surface area contributed by atoms with Crippen molar-refractivity contribution in [3.8, 4) is 33.4 Å². The number of benzene rings is 8. The van der Waals surface area contributed by atoms with E-state index in [-0.39, 0.29) is 10.8 Å². The topological polar surface area (TPSA) is 16.4 Å². The molecule has 0 bridgehead atoms. The van der Waals surface area contributed by atoms with Gasteiger partial charge in [-0.1, -0.05) is 155 Å². The molecule has 0 unspecified atom stereocenters. The van der Waals surface area contributed by atoms with Gasteiger partial charge in [0, 0.05) is 33.0 Å². The Hall–Kier alpha value is -6.38. The molecule has 0 radical (unpaired) electrons. The molecule has 0 saturated carbocycles. The van der Waals surface area contributed by atoms with Crippen LogP contribution in [0.1, 0.15) is 49.9 Å². The summed E-state index contributed by atoms with van der Waals surface area (Å²) in [7, 11) is 0. The van der Waals surface area contributed by atoms with Crippen molar-refractivity contribution < 1.29 is 4.42 Å². The lowest BCUT2D eigenvalue weighted by Crippen LogP contribution is -2.24. The Kier molecular flexibility index (Phi) is 6.39. The maximum absolute atomic E-state index is 6.70. The number of anilines is 3. The summed E-state index contributed by atoms with van der Waals surface area (Å²) in [5, 5.41) is 4.88. The zero-order valence-electron chi connectivity index (χ0n) is 30.9. The van der Waals surface area contributed by atoms with Crippen LogP contribution in [0.15, 0.2) is 168 Å². The van der Waals surface area contributed by atoms with E-state index < -0.39 is 0 Å². The highest BCUT2D eigenvalue weighted by atomic mass is 16.3. The molecule has 8 aromatic carbocycles. The van der Waals surface area contributed by atoms with Crippen LogP contribution in [0, 0.1) is 0 Å². The van der Waals surface area contributed by atoms with Crippen LogP contribution in [0.5, 0.6) is 0 Å². The van der Waals surface area contributed by atoms with Crippen molar-refractivity contribution in [2.75, 3.05) is 4.90 Å². The molecule has 0 spiro atoms. The molecular formula is C52H39NO. The van der Waals surface area contributed by atoms with Crippen molar-refractivity contribution in [1.29, 1.82) is 0 Å². The summed E-state index contributed by atoms with van der Waals surface area (Å²) in [6, 6.07) is 59.9. The number of nitrogens with zero attached hydrogens (tertiary/aromatic N) is 1. The van der Waals surface area contributed by atoms with Gasteiger partial charge in [-0.25, -0.2) is 0 Å². The zero-order valence-corrected chi connectivity index (χ0v) is 30.9. The molecule has 2 aliphatic rings. The fraction of sp³-hybridized carbons (Fsp3) is 0.115. The van der Waals surface area contributed by atoms with Crippen LogP contribution in [0.4, 0.5) is 17.1 Å². The van der Waals surface area contributed by atoms with Crippen LogP contribution in [0.3, 0.4) is 0 Å². The molecular weight excluding hydrogens is 655 g/mol. The molecule has 0 aliphatic heterocycles. The summed E-state index contributed by atoms with van der Waals surface area (Å²) in [4.78, 5) is 2.40. The molecule has 2 nitrogen and oxygen atoms in total. The molecule has 2 heteroatoms. The second-order valence-electron chi connectivity index (χ2n) is 16.1. The first-order valence-corrected chi connectivity index (χ1v) is 19.0. The number of para-hydroxylation sites is 2. The van der Waals surface area contributed by atoms with Crippen molar-refractivity contribution >= 4 is 49.8 Å². The quantitative estimate of drug-likeness (QED) is 0.182. The van der Waals surface area contributed by atoms with Crippen LogP contribution in [-0.4, -0.2) is 0 Å². The van der Waals surface area contributed by atoms with Gasteiger partial charge in [-0.3, -0.25) is 0 Å². The van der Waals surface area contributed by atoms with Gasteiger partial charge in [-0.05, 0) is 103 Å². The molecule has 54 heavy (non-hydrogen) atoms. The second-order valence-corrected chi connectivity index (χ2v) is 16.1. The van der Waals surface area contributed by atoms with Gasteiger partial charge in [-0.2, -0.15) is 0 Å². The summed E-state index contributed by atoms with van der Waals surface area (Å²) in [5.41, 5.74) is 18.1. The van der Waals surface area contributed by atoms with Crippen LogP contribution >= 0.6 is 0 Å². The number of fused-ring (bicyclic) bond motifs is 12. The fourth-order valence-electron chi connectivity index (χ4n) is 9.90. The molecule has 0 saturated heterocycles. The number of furan rings is 1. The Balaban J connectivity index is 1.12. The molecule has 11 rings (SSSR count). The minimum absolute atomic E-state index is 0.136. The van der Waals surface area contributed by atoms with E-state index in [1.54, 1.807) is 0 Å². The molecule has 9 aromatic rings. The average Bonchev–Trinajstić information content (AvgIpc) is 3.78. The third-order valence-electron chi connectivity index (χ3n) is 12.4. The molecule has 258 valence electrons. The van der Waals surface area contributed by atoms with Crippen molar-refractivity contribution in [2.45, 2.75) is 38.5 Å². The first kappa shape index (κ1) is 31.2. The van der Waals surface area contributed by atoms with Crippen molar-refractivity contribution in [2.24, 2.45) is 0 Å². The van der Waals surface area contributed by atoms with E-state index in [1.807, 2.05) is 6.07 Å². The van der Waals surface area contributed by atoms with Crippen LogP contribution < -0.4 is 4.90 Å². The molecule has 0 amide bonds. The molecule has 0 fully saturated rings. The Labute approximate surface area is 315 Å². The largest absolute Gasteiger partial charge is 0.454 e. The third kappa shape index (κ3) is 4.23. The number of rotatable bonds is 4. The van der Waals surface area contributed by atoms with Gasteiger partial charge in [0.15, 0.2) is 5.58 Å². The molecule has 0 atom stereocenters. The lowest BCUT2D eigenvalue weighted by atomic mass is 9.72. The summed E-state index contributed by atoms with van der Waals surface area (Å²) < 4.78 is 6.70. The summed E-state index contributed by atoms with van der Waals surface area (Å²) in [5.74, 6) is 0. The monoisotopic (exact) mass is 693 g/mol. The zero-order chi connectivity index (χ0) is 36.3. The fourth-order valence-corrected chi connectivity index (χ4v) is 9.90. The lowest BCUT2D eigenvalue weighted by molar-refractivity contribution is 0.601. The van der Waals surface area contributed by atoms with E-state index in [0.717, 1.165) is 39.0 Å². The Morgan fingerprint density at radius 3 is 1.96 bits per heavy atom. The summed E-state index contributed by atoms with van der Waals surface area (Å²) >= 11 is 0. The highest BCUT2D eigenvalue weighted by molar-refractivity contribution is 6.10. The highest BCUT2D eigenvalue weighted by Crippen LogP contribution is 2.60. The normalized spacial score (nSPS) is 14.6. The number of hydrogen-bond donors (Lipinski definition) is 0. The van der Waals surface area contributed by atoms with Crippen molar-refractivity contribution in [3.63, 3.8) is 0 Å². The molecule has 0 N–H and O–H groups in total. The van der Waals surface area contributed by atoms with Crippen LogP contribution in [0.2, 0.25) is 0 Å². The number of hydrogen-bond acceptors (Lipinski definition) is 2. The highest BCUT2D eigenvalue weighted by Gasteiger charge is 2.46. The maximum atomic E-state index is 6.70. The van der Waals surface area contributed by atoms with E-state index in [9.17, 15) is 0 Å². The predicted molar refractivity (Wildman–Crippen MR) is 226 cm³/mol. The molecule has 2 aliphatic carbocycles. The first-order chi connectivity index (χ1) is 26.3. The van der Waals surface area contributed by atoms with Gasteiger partial charge in [0.25, 0.3) is 0 Å². The van der Waals surface area contributed by atoms with Gasteiger partial charge >= 0.3 is 0 Å². The van der Waals surface area contributed by atoms with Gasteiger partial charge in [0.1, 0.15) is 5.58 Å². The van der Waals surface area contributed by atoms with Crippen molar-refractivity contribution in [3.05, 3.63) is 186 Å². The lowest BCUT2D eigenvalue weighted by Gasteiger charge is -2.31. The van der Waals surface area contributed by atoms with Crippen molar-refractivity contribution in [1.82, 2.24) is 0 Å². The van der Waals surface area contributed by atoms with E-state index in [2.05, 4.69) is 190 Å². The van der Waals surface area contributed by atoms with Gasteiger partial charge in [0.05, 0.1) is 5.69 Å². The first-order valence-electron chi connectivity index (χ1n) is 19.0. The minimum Gasteiger partial charge on any atom is -0.454 e. The van der Waals surface area contributed by atoms with Gasteiger partial charge in [0.2, 0.25) is 0 Å². The smallest absolute Gasteiger partial charge is 0.159 e. The van der Waals surface area contributed by atoms with E-state index in [1.165, 1.54) is 66.4 Å². The molecule has 1 aromatic heterocycles. The Bertz CT molecular complexity index is 3000. The minimum atomic E-state index is -0.232. The predicted octanol–water partition coefficient (Wildman–Crippen LogP) is 14.5. The summed E-state index contributed by atoms with van der Waals surface area (Å²) in [6.45, 7) is 9.71.